The van der Waals surface area contributed by atoms with Crippen molar-refractivity contribution in [1.82, 2.24) is 4.98 Å². The largest absolute Gasteiger partial charge is 0.389 e. The first-order valence-corrected chi connectivity index (χ1v) is 8.25. The van der Waals surface area contributed by atoms with E-state index in [0.717, 1.165) is 5.69 Å². The van der Waals surface area contributed by atoms with E-state index in [-0.39, 0.29) is 10.7 Å². The first kappa shape index (κ1) is 15.4. The molecule has 0 spiro atoms. The molecule has 21 heavy (non-hydrogen) atoms. The number of aryl methyl sites for hydroxylation is 1. The Kier molecular flexibility index (Phi) is 4.54. The average Bonchev–Trinajstić information content (AvgIpc) is 2.37. The van der Waals surface area contributed by atoms with Crippen molar-refractivity contribution in [1.29, 1.82) is 0 Å². The molecule has 1 aromatic carbocycles. The molecule has 2 aromatic rings. The van der Waals surface area contributed by atoms with E-state index in [4.69, 9.17) is 18.0 Å². The highest BCUT2D eigenvalue weighted by molar-refractivity contribution is 7.91. The Balaban J connectivity index is 2.24. The molecule has 7 heteroatoms. The van der Waals surface area contributed by atoms with Crippen LogP contribution in [-0.4, -0.2) is 18.4 Å². The number of rotatable bonds is 5. The van der Waals surface area contributed by atoms with Crippen LogP contribution in [0.2, 0.25) is 0 Å². The van der Waals surface area contributed by atoms with Gasteiger partial charge in [0.05, 0.1) is 5.75 Å². The standard InChI is InChI=1S/C14H15N3O2S2/c1-10-5-4-8-13(16-10)17-21(18,19)9-11-6-2-3-7-12(11)14(15)20/h2-8H,9H2,1H3,(H2,15,20)(H,16,17). The Labute approximate surface area is 129 Å². The van der Waals surface area contributed by atoms with Gasteiger partial charge in [0.25, 0.3) is 0 Å². The summed E-state index contributed by atoms with van der Waals surface area (Å²) in [6, 6.07) is 12.0. The third-order valence-corrected chi connectivity index (χ3v) is 4.21. The van der Waals surface area contributed by atoms with E-state index in [2.05, 4.69) is 9.71 Å². The predicted octanol–water partition coefficient (Wildman–Crippen LogP) is 1.97. The van der Waals surface area contributed by atoms with Gasteiger partial charge in [0.1, 0.15) is 10.8 Å². The van der Waals surface area contributed by atoms with Gasteiger partial charge in [-0.05, 0) is 24.6 Å². The Bertz CT molecular complexity index is 773. The molecule has 0 atom stereocenters. The van der Waals surface area contributed by atoms with Crippen LogP contribution in [0.3, 0.4) is 0 Å². The molecule has 1 heterocycles. The lowest BCUT2D eigenvalue weighted by atomic mass is 10.1. The molecule has 0 radical (unpaired) electrons. The van der Waals surface area contributed by atoms with E-state index in [1.54, 1.807) is 49.4 Å². The molecular formula is C14H15N3O2S2. The van der Waals surface area contributed by atoms with Crippen molar-refractivity contribution < 1.29 is 8.42 Å². The molecule has 0 saturated carbocycles. The van der Waals surface area contributed by atoms with Crippen molar-refractivity contribution in [3.63, 3.8) is 0 Å². The zero-order valence-electron chi connectivity index (χ0n) is 11.4. The first-order chi connectivity index (χ1) is 9.87. The van der Waals surface area contributed by atoms with Crippen molar-refractivity contribution >= 4 is 33.0 Å². The first-order valence-electron chi connectivity index (χ1n) is 6.19. The molecule has 0 aliphatic heterocycles. The summed E-state index contributed by atoms with van der Waals surface area (Å²) in [4.78, 5) is 4.29. The number of hydrogen-bond acceptors (Lipinski definition) is 4. The highest BCUT2D eigenvalue weighted by Crippen LogP contribution is 2.15. The van der Waals surface area contributed by atoms with Crippen LogP contribution in [-0.2, 0) is 15.8 Å². The molecule has 3 N–H and O–H groups in total. The topological polar surface area (TPSA) is 85.1 Å². The summed E-state index contributed by atoms with van der Waals surface area (Å²) in [5, 5.41) is 0. The molecule has 5 nitrogen and oxygen atoms in total. The van der Waals surface area contributed by atoms with Crippen LogP contribution in [0.1, 0.15) is 16.8 Å². The van der Waals surface area contributed by atoms with Gasteiger partial charge in [-0.2, -0.15) is 0 Å². The van der Waals surface area contributed by atoms with Crippen LogP contribution in [0.25, 0.3) is 0 Å². The number of thiocarbonyl (C=S) groups is 1. The van der Waals surface area contributed by atoms with Gasteiger partial charge in [-0.3, -0.25) is 4.72 Å². The zero-order chi connectivity index (χ0) is 15.5. The predicted molar refractivity (Wildman–Crippen MR) is 87.5 cm³/mol. The fourth-order valence-electron chi connectivity index (χ4n) is 1.89. The van der Waals surface area contributed by atoms with E-state index in [1.165, 1.54) is 0 Å². The van der Waals surface area contributed by atoms with E-state index >= 15 is 0 Å². The lowest BCUT2D eigenvalue weighted by Gasteiger charge is -2.10. The Morgan fingerprint density at radius 2 is 1.95 bits per heavy atom. The van der Waals surface area contributed by atoms with Gasteiger partial charge in [0, 0.05) is 11.3 Å². The van der Waals surface area contributed by atoms with E-state index in [0.29, 0.717) is 16.9 Å². The maximum Gasteiger partial charge on any atom is 0.238 e. The van der Waals surface area contributed by atoms with Gasteiger partial charge >= 0.3 is 0 Å². The number of aromatic nitrogens is 1. The molecule has 0 unspecified atom stereocenters. The van der Waals surface area contributed by atoms with Crippen LogP contribution in [0.4, 0.5) is 5.82 Å². The van der Waals surface area contributed by atoms with E-state index in [9.17, 15) is 8.42 Å². The lowest BCUT2D eigenvalue weighted by molar-refractivity contribution is 0.600. The Hall–Kier alpha value is -1.99. The Morgan fingerprint density at radius 3 is 2.62 bits per heavy atom. The van der Waals surface area contributed by atoms with Crippen molar-refractivity contribution in [3.8, 4) is 0 Å². The number of hydrogen-bond donors (Lipinski definition) is 2. The van der Waals surface area contributed by atoms with Crippen molar-refractivity contribution in [2.45, 2.75) is 12.7 Å². The summed E-state index contributed by atoms with van der Waals surface area (Å²) in [5.41, 5.74) is 7.47. The second-order valence-corrected chi connectivity index (χ2v) is 6.71. The molecule has 1 aromatic heterocycles. The number of nitrogens with zero attached hydrogens (tertiary/aromatic N) is 1. The summed E-state index contributed by atoms with van der Waals surface area (Å²) in [6.07, 6.45) is 0. The van der Waals surface area contributed by atoms with Gasteiger partial charge in [0.2, 0.25) is 10.0 Å². The normalized spacial score (nSPS) is 11.1. The van der Waals surface area contributed by atoms with Crippen LogP contribution < -0.4 is 10.5 Å². The van der Waals surface area contributed by atoms with Crippen molar-refractivity contribution in [2.24, 2.45) is 5.73 Å². The van der Waals surface area contributed by atoms with Crippen molar-refractivity contribution in [2.75, 3.05) is 4.72 Å². The summed E-state index contributed by atoms with van der Waals surface area (Å²) in [7, 11) is -3.59. The lowest BCUT2D eigenvalue weighted by Crippen LogP contribution is -2.19. The number of sulfonamides is 1. The summed E-state index contributed by atoms with van der Waals surface area (Å²) in [5.74, 6) is 0.0821. The highest BCUT2D eigenvalue weighted by Gasteiger charge is 2.15. The van der Waals surface area contributed by atoms with E-state index in [1.807, 2.05) is 0 Å². The fourth-order valence-corrected chi connectivity index (χ4v) is 3.25. The summed E-state index contributed by atoms with van der Waals surface area (Å²) < 4.78 is 26.9. The average molecular weight is 321 g/mol. The third-order valence-electron chi connectivity index (χ3n) is 2.78. The molecule has 0 bridgehead atoms. The highest BCUT2D eigenvalue weighted by atomic mass is 32.2. The number of pyridine rings is 1. The van der Waals surface area contributed by atoms with Gasteiger partial charge in [0.15, 0.2) is 0 Å². The van der Waals surface area contributed by atoms with Crippen LogP contribution in [0, 0.1) is 6.92 Å². The number of nitrogens with two attached hydrogens (primary N) is 1. The minimum absolute atomic E-state index is 0.175. The van der Waals surface area contributed by atoms with Gasteiger partial charge in [-0.25, -0.2) is 13.4 Å². The second-order valence-electron chi connectivity index (χ2n) is 4.55. The summed E-state index contributed by atoms with van der Waals surface area (Å²) >= 11 is 4.94. The van der Waals surface area contributed by atoms with Crippen molar-refractivity contribution in [3.05, 3.63) is 59.3 Å². The molecule has 110 valence electrons. The number of nitrogens with one attached hydrogen (secondary N) is 1. The number of anilines is 1. The second kappa shape index (κ2) is 6.19. The monoisotopic (exact) mass is 321 g/mol. The SMILES string of the molecule is Cc1cccc(NS(=O)(=O)Cc2ccccc2C(N)=S)n1. The van der Waals surface area contributed by atoms with Gasteiger partial charge in [-0.15, -0.1) is 0 Å². The van der Waals surface area contributed by atoms with Gasteiger partial charge in [-0.1, -0.05) is 42.5 Å². The molecule has 0 aliphatic rings. The quantitative estimate of drug-likeness (QED) is 0.822. The minimum atomic E-state index is -3.59. The fraction of sp³-hybridized carbons (Fsp3) is 0.143. The maximum absolute atomic E-state index is 12.2. The van der Waals surface area contributed by atoms with Gasteiger partial charge < -0.3 is 5.73 Å². The molecule has 2 rings (SSSR count). The van der Waals surface area contributed by atoms with Crippen LogP contribution >= 0.6 is 12.2 Å². The molecule has 0 amide bonds. The molecular weight excluding hydrogens is 306 g/mol. The molecule has 0 fully saturated rings. The van der Waals surface area contributed by atoms with Crippen LogP contribution in [0.15, 0.2) is 42.5 Å². The Morgan fingerprint density at radius 1 is 1.24 bits per heavy atom. The smallest absolute Gasteiger partial charge is 0.238 e. The zero-order valence-corrected chi connectivity index (χ0v) is 13.0. The maximum atomic E-state index is 12.2. The molecule has 0 aliphatic carbocycles. The number of benzene rings is 1. The van der Waals surface area contributed by atoms with Crippen LogP contribution in [0.5, 0.6) is 0 Å². The summed E-state index contributed by atoms with van der Waals surface area (Å²) in [6.45, 7) is 1.79. The van der Waals surface area contributed by atoms with E-state index < -0.39 is 10.0 Å². The molecule has 0 saturated heterocycles. The minimum Gasteiger partial charge on any atom is -0.389 e. The third kappa shape index (κ3) is 4.24.